The van der Waals surface area contributed by atoms with Crippen LogP contribution in [-0.2, 0) is 16.0 Å². The van der Waals surface area contributed by atoms with E-state index in [-0.39, 0.29) is 5.82 Å². The second-order valence-electron chi connectivity index (χ2n) is 6.32. The van der Waals surface area contributed by atoms with Crippen molar-refractivity contribution in [3.8, 4) is 0 Å². The molecule has 2 aliphatic heterocycles. The first-order valence-electron chi connectivity index (χ1n) is 8.57. The predicted octanol–water partition coefficient (Wildman–Crippen LogP) is 2.57. The monoisotopic (exact) mass is 344 g/mol. The largest absolute Gasteiger partial charge is 0.366 e. The molecule has 2 saturated heterocycles. The molecule has 1 aromatic heterocycles. The van der Waals surface area contributed by atoms with E-state index in [0.717, 1.165) is 37.3 Å². The molecular weight excluding hydrogens is 323 g/mol. The van der Waals surface area contributed by atoms with Gasteiger partial charge in [-0.25, -0.2) is 9.37 Å². The van der Waals surface area contributed by atoms with E-state index in [1.54, 1.807) is 18.3 Å². The highest BCUT2D eigenvalue weighted by atomic mass is 19.1. The van der Waals surface area contributed by atoms with Gasteiger partial charge in [0.25, 0.3) is 0 Å². The van der Waals surface area contributed by atoms with Crippen LogP contribution in [0.1, 0.15) is 18.4 Å². The van der Waals surface area contributed by atoms with Crippen LogP contribution in [0.15, 0.2) is 36.5 Å². The van der Waals surface area contributed by atoms with Crippen LogP contribution in [0.25, 0.3) is 0 Å². The molecule has 0 amide bonds. The van der Waals surface area contributed by atoms with Gasteiger partial charge in [0.15, 0.2) is 5.79 Å². The third-order valence-corrected chi connectivity index (χ3v) is 4.65. The zero-order chi connectivity index (χ0) is 17.1. The van der Waals surface area contributed by atoms with Gasteiger partial charge in [-0.05, 0) is 23.8 Å². The molecule has 0 atom stereocenters. The molecule has 1 N–H and O–H groups in total. The smallest absolute Gasteiger partial charge is 0.227 e. The second kappa shape index (κ2) is 6.93. The van der Waals surface area contributed by atoms with Crippen molar-refractivity contribution in [1.29, 1.82) is 0 Å². The first kappa shape index (κ1) is 16.2. The number of halogens is 1. The number of hydrogen-bond donors (Lipinski definition) is 1. The fourth-order valence-electron chi connectivity index (χ4n) is 3.23. The molecular formula is C18H21FN4O2. The van der Waals surface area contributed by atoms with Gasteiger partial charge in [0, 0.05) is 38.7 Å². The molecule has 1 aromatic carbocycles. The summed E-state index contributed by atoms with van der Waals surface area (Å²) < 4.78 is 24.5. The van der Waals surface area contributed by atoms with E-state index in [1.807, 2.05) is 6.07 Å². The van der Waals surface area contributed by atoms with E-state index in [1.165, 1.54) is 12.1 Å². The molecule has 3 heterocycles. The number of hydrogen-bond acceptors (Lipinski definition) is 6. The normalized spacial score (nSPS) is 19.3. The van der Waals surface area contributed by atoms with E-state index in [0.29, 0.717) is 25.7 Å². The van der Waals surface area contributed by atoms with Crippen molar-refractivity contribution in [3.05, 3.63) is 47.9 Å². The van der Waals surface area contributed by atoms with E-state index in [2.05, 4.69) is 20.2 Å². The Labute approximate surface area is 146 Å². The van der Waals surface area contributed by atoms with Crippen LogP contribution in [0, 0.1) is 5.82 Å². The zero-order valence-corrected chi connectivity index (χ0v) is 13.9. The maximum atomic E-state index is 13.0. The summed E-state index contributed by atoms with van der Waals surface area (Å²) in [6.07, 6.45) is 3.40. The lowest BCUT2D eigenvalue weighted by molar-refractivity contribution is -0.169. The highest BCUT2D eigenvalue weighted by molar-refractivity contribution is 5.42. The fraction of sp³-hybridized carbons (Fsp3) is 0.444. The van der Waals surface area contributed by atoms with Gasteiger partial charge < -0.3 is 19.7 Å². The molecule has 0 aliphatic carbocycles. The molecule has 0 unspecified atom stereocenters. The number of anilines is 2. The van der Waals surface area contributed by atoms with E-state index in [4.69, 9.17) is 9.47 Å². The quantitative estimate of drug-likeness (QED) is 0.920. The minimum Gasteiger partial charge on any atom is -0.366 e. The SMILES string of the molecule is Fc1ccc(CNc2ccnc(N3CCC4(CC3)OCCO4)n2)cc1. The van der Waals surface area contributed by atoms with Gasteiger partial charge in [-0.15, -0.1) is 0 Å². The third kappa shape index (κ3) is 3.72. The summed E-state index contributed by atoms with van der Waals surface area (Å²) in [5.74, 6) is 0.834. The van der Waals surface area contributed by atoms with Crippen molar-refractivity contribution in [1.82, 2.24) is 9.97 Å². The standard InChI is InChI=1S/C18H21FN4O2/c19-15-3-1-14(2-4-15)13-21-16-5-8-20-17(22-16)23-9-6-18(7-10-23)24-11-12-25-18/h1-5,8H,6-7,9-13H2,(H,20,21,22). The van der Waals surface area contributed by atoms with Crippen molar-refractivity contribution in [2.45, 2.75) is 25.2 Å². The molecule has 2 aromatic rings. The van der Waals surface area contributed by atoms with Crippen LogP contribution in [0.5, 0.6) is 0 Å². The Morgan fingerprint density at radius 2 is 1.80 bits per heavy atom. The molecule has 132 valence electrons. The van der Waals surface area contributed by atoms with Crippen molar-refractivity contribution in [3.63, 3.8) is 0 Å². The Bertz CT molecular complexity index is 709. The highest BCUT2D eigenvalue weighted by Crippen LogP contribution is 2.32. The number of benzene rings is 1. The molecule has 0 radical (unpaired) electrons. The maximum absolute atomic E-state index is 13.0. The summed E-state index contributed by atoms with van der Waals surface area (Å²) in [5, 5.41) is 3.26. The van der Waals surface area contributed by atoms with Crippen molar-refractivity contribution in [2.75, 3.05) is 36.5 Å². The van der Waals surface area contributed by atoms with Crippen LogP contribution < -0.4 is 10.2 Å². The van der Waals surface area contributed by atoms with Gasteiger partial charge in [-0.1, -0.05) is 12.1 Å². The molecule has 2 aliphatic rings. The van der Waals surface area contributed by atoms with Crippen molar-refractivity contribution >= 4 is 11.8 Å². The fourth-order valence-corrected chi connectivity index (χ4v) is 3.23. The molecule has 1 spiro atoms. The molecule has 7 heteroatoms. The lowest BCUT2D eigenvalue weighted by Crippen LogP contribution is -2.45. The molecule has 0 saturated carbocycles. The summed E-state index contributed by atoms with van der Waals surface area (Å²) in [4.78, 5) is 11.1. The summed E-state index contributed by atoms with van der Waals surface area (Å²) in [5.41, 5.74) is 0.997. The van der Waals surface area contributed by atoms with E-state index >= 15 is 0 Å². The van der Waals surface area contributed by atoms with Gasteiger partial charge in [0.1, 0.15) is 11.6 Å². The summed E-state index contributed by atoms with van der Waals surface area (Å²) in [6, 6.07) is 8.27. The van der Waals surface area contributed by atoms with Gasteiger partial charge in [0.05, 0.1) is 13.2 Å². The minimum atomic E-state index is -0.394. The summed E-state index contributed by atoms with van der Waals surface area (Å²) in [7, 11) is 0. The Hall–Kier alpha value is -2.25. The van der Waals surface area contributed by atoms with E-state index in [9.17, 15) is 4.39 Å². The number of ether oxygens (including phenoxy) is 2. The Morgan fingerprint density at radius 3 is 2.52 bits per heavy atom. The molecule has 0 bridgehead atoms. The lowest BCUT2D eigenvalue weighted by Gasteiger charge is -2.37. The topological polar surface area (TPSA) is 59.5 Å². The van der Waals surface area contributed by atoms with Gasteiger partial charge in [-0.2, -0.15) is 4.98 Å². The predicted molar refractivity (Wildman–Crippen MR) is 91.8 cm³/mol. The lowest BCUT2D eigenvalue weighted by atomic mass is 10.0. The number of rotatable bonds is 4. The van der Waals surface area contributed by atoms with Crippen molar-refractivity contribution < 1.29 is 13.9 Å². The summed E-state index contributed by atoms with van der Waals surface area (Å²) >= 11 is 0. The molecule has 2 fully saturated rings. The first-order valence-corrected chi connectivity index (χ1v) is 8.57. The van der Waals surface area contributed by atoms with Crippen LogP contribution in [0.4, 0.5) is 16.2 Å². The first-order chi connectivity index (χ1) is 12.2. The van der Waals surface area contributed by atoms with Crippen LogP contribution in [0.3, 0.4) is 0 Å². The van der Waals surface area contributed by atoms with Crippen LogP contribution in [-0.4, -0.2) is 42.1 Å². The molecule has 6 nitrogen and oxygen atoms in total. The average Bonchev–Trinajstić information content (AvgIpc) is 3.10. The number of aromatic nitrogens is 2. The maximum Gasteiger partial charge on any atom is 0.227 e. The van der Waals surface area contributed by atoms with E-state index < -0.39 is 5.79 Å². The number of piperidine rings is 1. The highest BCUT2D eigenvalue weighted by Gasteiger charge is 2.40. The van der Waals surface area contributed by atoms with Crippen LogP contribution in [0.2, 0.25) is 0 Å². The van der Waals surface area contributed by atoms with Gasteiger partial charge in [-0.3, -0.25) is 0 Å². The Balaban J connectivity index is 1.37. The van der Waals surface area contributed by atoms with Crippen LogP contribution >= 0.6 is 0 Å². The summed E-state index contributed by atoms with van der Waals surface area (Å²) in [6.45, 7) is 3.56. The van der Waals surface area contributed by atoms with Gasteiger partial charge in [0.2, 0.25) is 5.95 Å². The minimum absolute atomic E-state index is 0.230. The Kier molecular flexibility index (Phi) is 4.50. The average molecular weight is 344 g/mol. The van der Waals surface area contributed by atoms with Crippen molar-refractivity contribution in [2.24, 2.45) is 0 Å². The second-order valence-corrected chi connectivity index (χ2v) is 6.32. The molecule has 25 heavy (non-hydrogen) atoms. The number of nitrogens with one attached hydrogen (secondary N) is 1. The third-order valence-electron chi connectivity index (χ3n) is 4.65. The molecule has 4 rings (SSSR count). The number of nitrogens with zero attached hydrogens (tertiary/aromatic N) is 3. The zero-order valence-electron chi connectivity index (χ0n) is 13.9. The Morgan fingerprint density at radius 1 is 1.08 bits per heavy atom. The van der Waals surface area contributed by atoms with Gasteiger partial charge >= 0.3 is 0 Å².